The van der Waals surface area contributed by atoms with Crippen molar-refractivity contribution in [2.45, 2.75) is 27.7 Å². The molecule has 0 saturated heterocycles. The van der Waals surface area contributed by atoms with Crippen LogP contribution in [0.2, 0.25) is 0 Å². The third kappa shape index (κ3) is 3.32. The summed E-state index contributed by atoms with van der Waals surface area (Å²) >= 11 is 0. The lowest BCUT2D eigenvalue weighted by molar-refractivity contribution is -0.146. The lowest BCUT2D eigenvalue weighted by Gasteiger charge is -2.02. The van der Waals surface area contributed by atoms with Crippen LogP contribution >= 0.6 is 0 Å². The molecule has 2 unspecified atom stereocenters. The van der Waals surface area contributed by atoms with Crippen LogP contribution in [0.3, 0.4) is 0 Å². The third-order valence-corrected chi connectivity index (χ3v) is 3.98. The molecule has 1 aromatic rings. The highest BCUT2D eigenvalue weighted by Gasteiger charge is 2.61. The standard InChI is InChI=1S/C17H22N2O2/c1-11(2)10-13-14(17(13,3)4)16(20)21-19-15(18)12-8-6-5-7-9-12/h5-10,13-14H,1-4H3,(H2,18,19). The molecule has 0 aromatic heterocycles. The molecule has 4 nitrogen and oxygen atoms in total. The van der Waals surface area contributed by atoms with E-state index in [9.17, 15) is 4.79 Å². The second-order valence-corrected chi connectivity index (χ2v) is 6.32. The normalized spacial score (nSPS) is 23.3. The first-order valence-electron chi connectivity index (χ1n) is 7.09. The van der Waals surface area contributed by atoms with Gasteiger partial charge in [-0.15, -0.1) is 0 Å². The molecule has 0 spiro atoms. The highest BCUT2D eigenvalue weighted by molar-refractivity contribution is 5.97. The van der Waals surface area contributed by atoms with Gasteiger partial charge in [-0.1, -0.05) is 61.0 Å². The quantitative estimate of drug-likeness (QED) is 0.304. The van der Waals surface area contributed by atoms with Gasteiger partial charge in [0.2, 0.25) is 0 Å². The molecule has 4 heteroatoms. The summed E-state index contributed by atoms with van der Waals surface area (Å²) in [7, 11) is 0. The zero-order valence-corrected chi connectivity index (χ0v) is 13.0. The van der Waals surface area contributed by atoms with Gasteiger partial charge in [-0.2, -0.15) is 0 Å². The molecule has 0 bridgehead atoms. The van der Waals surface area contributed by atoms with E-state index in [2.05, 4.69) is 25.1 Å². The maximum Gasteiger partial charge on any atom is 0.339 e. The van der Waals surface area contributed by atoms with E-state index >= 15 is 0 Å². The molecule has 1 fully saturated rings. The fraction of sp³-hybridized carbons (Fsp3) is 0.412. The zero-order chi connectivity index (χ0) is 15.6. The molecule has 1 aliphatic carbocycles. The van der Waals surface area contributed by atoms with Gasteiger partial charge in [0.25, 0.3) is 0 Å². The average Bonchev–Trinajstić information content (AvgIpc) is 2.97. The van der Waals surface area contributed by atoms with Crippen LogP contribution in [-0.4, -0.2) is 11.8 Å². The number of nitrogens with two attached hydrogens (primary N) is 1. The van der Waals surface area contributed by atoms with Gasteiger partial charge in [0, 0.05) is 5.56 Å². The predicted molar refractivity (Wildman–Crippen MR) is 83.5 cm³/mol. The summed E-state index contributed by atoms with van der Waals surface area (Å²) in [6.07, 6.45) is 2.12. The van der Waals surface area contributed by atoms with Gasteiger partial charge >= 0.3 is 5.97 Å². The number of oxime groups is 1. The summed E-state index contributed by atoms with van der Waals surface area (Å²) in [5.41, 5.74) is 7.67. The van der Waals surface area contributed by atoms with Crippen LogP contribution in [0.4, 0.5) is 0 Å². The average molecular weight is 286 g/mol. The second-order valence-electron chi connectivity index (χ2n) is 6.32. The third-order valence-electron chi connectivity index (χ3n) is 3.98. The lowest BCUT2D eigenvalue weighted by Crippen LogP contribution is -2.16. The molecule has 2 N–H and O–H groups in total. The SMILES string of the molecule is CC(C)=CC1C(C(=O)O/N=C(\N)c2ccccc2)C1(C)C. The number of amidine groups is 1. The van der Waals surface area contributed by atoms with Crippen molar-refractivity contribution in [3.8, 4) is 0 Å². The summed E-state index contributed by atoms with van der Waals surface area (Å²) in [5.74, 6) is -0.0505. The van der Waals surface area contributed by atoms with Gasteiger partial charge in [0.05, 0.1) is 5.92 Å². The lowest BCUT2D eigenvalue weighted by atomic mass is 10.1. The predicted octanol–water partition coefficient (Wildman–Crippen LogP) is 3.09. The highest BCUT2D eigenvalue weighted by atomic mass is 16.7. The summed E-state index contributed by atoms with van der Waals surface area (Å²) in [6, 6.07) is 9.24. The van der Waals surface area contributed by atoms with Crippen molar-refractivity contribution in [1.82, 2.24) is 0 Å². The van der Waals surface area contributed by atoms with Crippen LogP contribution < -0.4 is 5.73 Å². The maximum atomic E-state index is 12.1. The molecule has 1 aromatic carbocycles. The highest BCUT2D eigenvalue weighted by Crippen LogP contribution is 2.59. The number of benzene rings is 1. The van der Waals surface area contributed by atoms with E-state index in [1.165, 1.54) is 5.57 Å². The van der Waals surface area contributed by atoms with Gasteiger partial charge in [-0.05, 0) is 25.2 Å². The Morgan fingerprint density at radius 1 is 1.29 bits per heavy atom. The van der Waals surface area contributed by atoms with Gasteiger partial charge in [-0.25, -0.2) is 4.79 Å². The minimum atomic E-state index is -0.318. The summed E-state index contributed by atoms with van der Waals surface area (Å²) in [6.45, 7) is 8.19. The first-order chi connectivity index (χ1) is 9.84. The van der Waals surface area contributed by atoms with Crippen LogP contribution in [0.1, 0.15) is 33.3 Å². The smallest absolute Gasteiger partial charge is 0.339 e. The molecule has 1 saturated carbocycles. The molecular formula is C17H22N2O2. The number of nitrogens with zero attached hydrogens (tertiary/aromatic N) is 1. The summed E-state index contributed by atoms with van der Waals surface area (Å²) in [5, 5.41) is 3.76. The molecule has 2 atom stereocenters. The van der Waals surface area contributed by atoms with E-state index < -0.39 is 0 Å². The molecule has 1 aliphatic rings. The number of allylic oxidation sites excluding steroid dienone is 2. The van der Waals surface area contributed by atoms with E-state index in [1.807, 2.05) is 44.2 Å². The maximum absolute atomic E-state index is 12.1. The summed E-state index contributed by atoms with van der Waals surface area (Å²) in [4.78, 5) is 17.2. The monoisotopic (exact) mass is 286 g/mol. The Bertz CT molecular complexity index is 584. The Balaban J connectivity index is 2.02. The number of carbonyl (C=O) groups excluding carboxylic acids is 1. The van der Waals surface area contributed by atoms with Gasteiger partial charge in [0.1, 0.15) is 0 Å². The topological polar surface area (TPSA) is 64.7 Å². The minimum absolute atomic E-state index is 0.0780. The number of hydrogen-bond donors (Lipinski definition) is 1. The van der Waals surface area contributed by atoms with Crippen LogP contribution in [-0.2, 0) is 9.63 Å². The van der Waals surface area contributed by atoms with E-state index in [0.29, 0.717) is 0 Å². The molecule has 21 heavy (non-hydrogen) atoms. The number of carbonyl (C=O) groups is 1. The number of hydrogen-bond acceptors (Lipinski definition) is 3. The zero-order valence-electron chi connectivity index (χ0n) is 13.0. The summed E-state index contributed by atoms with van der Waals surface area (Å²) < 4.78 is 0. The second kappa shape index (κ2) is 5.72. The molecular weight excluding hydrogens is 264 g/mol. The van der Waals surface area contributed by atoms with Crippen molar-refractivity contribution in [3.05, 3.63) is 47.5 Å². The van der Waals surface area contributed by atoms with Crippen molar-refractivity contribution in [2.24, 2.45) is 28.1 Å². The van der Waals surface area contributed by atoms with Gasteiger partial charge < -0.3 is 10.6 Å². The van der Waals surface area contributed by atoms with Crippen LogP contribution in [0.25, 0.3) is 0 Å². The Labute approximate surface area is 125 Å². The Morgan fingerprint density at radius 3 is 2.48 bits per heavy atom. The first-order valence-corrected chi connectivity index (χ1v) is 7.09. The van der Waals surface area contributed by atoms with Crippen molar-refractivity contribution in [2.75, 3.05) is 0 Å². The Kier molecular flexibility index (Phi) is 4.16. The minimum Gasteiger partial charge on any atom is -0.380 e. The molecule has 0 heterocycles. The molecule has 0 radical (unpaired) electrons. The molecule has 0 aliphatic heterocycles. The fourth-order valence-electron chi connectivity index (χ4n) is 2.61. The van der Waals surface area contributed by atoms with Crippen LogP contribution in [0.5, 0.6) is 0 Å². The van der Waals surface area contributed by atoms with Crippen molar-refractivity contribution in [3.63, 3.8) is 0 Å². The van der Waals surface area contributed by atoms with Crippen molar-refractivity contribution >= 4 is 11.8 Å². The number of rotatable bonds is 4. The molecule has 0 amide bonds. The van der Waals surface area contributed by atoms with Crippen molar-refractivity contribution in [1.29, 1.82) is 0 Å². The van der Waals surface area contributed by atoms with E-state index in [1.54, 1.807) is 0 Å². The van der Waals surface area contributed by atoms with E-state index in [-0.39, 0.29) is 29.1 Å². The molecule has 112 valence electrons. The van der Waals surface area contributed by atoms with E-state index in [0.717, 1.165) is 5.56 Å². The van der Waals surface area contributed by atoms with Crippen LogP contribution in [0.15, 0.2) is 47.1 Å². The fourth-order valence-corrected chi connectivity index (χ4v) is 2.61. The Hall–Kier alpha value is -2.10. The Morgan fingerprint density at radius 2 is 1.90 bits per heavy atom. The van der Waals surface area contributed by atoms with Gasteiger partial charge in [-0.3, -0.25) is 0 Å². The van der Waals surface area contributed by atoms with Crippen LogP contribution in [0, 0.1) is 17.3 Å². The first kappa shape index (κ1) is 15.3. The molecule has 2 rings (SSSR count). The largest absolute Gasteiger partial charge is 0.380 e. The van der Waals surface area contributed by atoms with E-state index in [4.69, 9.17) is 10.6 Å². The van der Waals surface area contributed by atoms with Crippen molar-refractivity contribution < 1.29 is 9.63 Å². The van der Waals surface area contributed by atoms with Gasteiger partial charge in [0.15, 0.2) is 5.84 Å².